The van der Waals surface area contributed by atoms with E-state index >= 15 is 0 Å². The fourth-order valence-electron chi connectivity index (χ4n) is 1.06. The highest BCUT2D eigenvalue weighted by Crippen LogP contribution is 2.34. The Morgan fingerprint density at radius 3 is 2.19 bits per heavy atom. The topological polar surface area (TPSA) is 107 Å². The molecule has 0 aromatic rings. The van der Waals surface area contributed by atoms with Crippen LogP contribution in [0.1, 0.15) is 12.8 Å². The monoisotopic (exact) mass is 275 g/mol. The van der Waals surface area contributed by atoms with Gasteiger partial charge in [0.15, 0.2) is 0 Å². The molecule has 7 nitrogen and oxygen atoms in total. The molecule has 0 rings (SSSR count). The number of hydrogen-bond donors (Lipinski definition) is 2. The number of hydrogen-bond acceptors (Lipinski definition) is 4. The van der Waals surface area contributed by atoms with E-state index in [1.165, 1.54) is 0 Å². The molecule has 0 aliphatic carbocycles. The lowest BCUT2D eigenvalue weighted by atomic mass is 10.3. The number of quaternary nitrogens is 1. The van der Waals surface area contributed by atoms with Gasteiger partial charge in [-0.15, -0.1) is 0 Å². The molecule has 16 heavy (non-hydrogen) atoms. The van der Waals surface area contributed by atoms with Gasteiger partial charge in [-0.1, -0.05) is 0 Å². The summed E-state index contributed by atoms with van der Waals surface area (Å²) in [7, 11) is -2.48. The predicted octanol–water partition coefficient (Wildman–Crippen LogP) is -0.122. The summed E-state index contributed by atoms with van der Waals surface area (Å²) in [5.41, 5.74) is 4.60. The van der Waals surface area contributed by atoms with Crippen molar-refractivity contribution >= 4 is 17.9 Å². The average molecular weight is 275 g/mol. The SMILES string of the molecule is C[N+](C)(C)CCCCS(=O)(=O)OP(N)(=O)O. The maximum absolute atomic E-state index is 11.1. The summed E-state index contributed by atoms with van der Waals surface area (Å²) in [4.78, 5) is 8.57. The molecule has 0 aliphatic heterocycles. The van der Waals surface area contributed by atoms with Crippen molar-refractivity contribution in [1.29, 1.82) is 0 Å². The second-order valence-electron chi connectivity index (χ2n) is 4.62. The summed E-state index contributed by atoms with van der Waals surface area (Å²) in [5.74, 6) is -0.297. The highest BCUT2D eigenvalue weighted by atomic mass is 32.2. The molecule has 0 saturated heterocycles. The van der Waals surface area contributed by atoms with Gasteiger partial charge in [-0.25, -0.2) is 10.1 Å². The van der Waals surface area contributed by atoms with Crippen molar-refractivity contribution in [1.82, 2.24) is 0 Å². The number of unbranched alkanes of at least 4 members (excludes halogenated alkanes) is 1. The third-order valence-corrected chi connectivity index (χ3v) is 4.25. The molecule has 98 valence electrons. The second-order valence-corrected chi connectivity index (χ2v) is 7.87. The summed E-state index contributed by atoms with van der Waals surface area (Å²) < 4.78 is 37.5. The van der Waals surface area contributed by atoms with Crippen LogP contribution >= 0.6 is 7.75 Å². The van der Waals surface area contributed by atoms with E-state index in [9.17, 15) is 13.0 Å². The van der Waals surface area contributed by atoms with Gasteiger partial charge in [0, 0.05) is 0 Å². The van der Waals surface area contributed by atoms with Crippen molar-refractivity contribution in [3.05, 3.63) is 0 Å². The van der Waals surface area contributed by atoms with Crippen LogP contribution in [0.3, 0.4) is 0 Å². The van der Waals surface area contributed by atoms with Crippen LogP contribution in [0.4, 0.5) is 0 Å². The predicted molar refractivity (Wildman–Crippen MR) is 61.0 cm³/mol. The van der Waals surface area contributed by atoms with Crippen molar-refractivity contribution in [2.75, 3.05) is 33.4 Å². The Hall–Kier alpha value is 0.0200. The quantitative estimate of drug-likeness (QED) is 0.381. The van der Waals surface area contributed by atoms with E-state index in [1.807, 2.05) is 21.1 Å². The molecule has 0 aromatic heterocycles. The average Bonchev–Trinajstić information content (AvgIpc) is 1.91. The van der Waals surface area contributed by atoms with Crippen LogP contribution in [-0.4, -0.2) is 51.2 Å². The Morgan fingerprint density at radius 2 is 1.81 bits per heavy atom. The third-order valence-electron chi connectivity index (χ3n) is 1.69. The maximum atomic E-state index is 11.1. The number of nitrogens with zero attached hydrogens (tertiary/aromatic N) is 1. The Morgan fingerprint density at radius 1 is 1.31 bits per heavy atom. The van der Waals surface area contributed by atoms with Crippen LogP contribution < -0.4 is 5.50 Å². The molecule has 0 bridgehead atoms. The molecule has 9 heteroatoms. The van der Waals surface area contributed by atoms with E-state index in [-0.39, 0.29) is 5.75 Å². The molecule has 0 aliphatic rings. The Bertz CT molecular complexity index is 355. The molecule has 0 fully saturated rings. The van der Waals surface area contributed by atoms with E-state index in [2.05, 4.69) is 9.47 Å². The highest BCUT2D eigenvalue weighted by Gasteiger charge is 2.23. The normalized spacial score (nSPS) is 17.1. The lowest BCUT2D eigenvalue weighted by Gasteiger charge is -2.23. The van der Waals surface area contributed by atoms with Gasteiger partial charge in [-0.2, -0.15) is 12.4 Å². The maximum Gasteiger partial charge on any atom is 0.415 e. The van der Waals surface area contributed by atoms with Crippen molar-refractivity contribution in [3.63, 3.8) is 0 Å². The minimum Gasteiger partial charge on any atom is -0.331 e. The molecular weight excluding hydrogens is 255 g/mol. The van der Waals surface area contributed by atoms with E-state index in [4.69, 9.17) is 4.89 Å². The second kappa shape index (κ2) is 5.57. The first-order chi connectivity index (χ1) is 6.91. The number of nitrogens with two attached hydrogens (primary N) is 1. The Labute approximate surface area is 96.5 Å². The van der Waals surface area contributed by atoms with Gasteiger partial charge in [-0.05, 0) is 12.8 Å². The van der Waals surface area contributed by atoms with Crippen molar-refractivity contribution in [2.24, 2.45) is 5.50 Å². The van der Waals surface area contributed by atoms with Gasteiger partial charge >= 0.3 is 7.75 Å². The van der Waals surface area contributed by atoms with Crippen LogP contribution in [0, 0.1) is 0 Å². The van der Waals surface area contributed by atoms with Gasteiger partial charge in [0.25, 0.3) is 10.1 Å². The summed E-state index contributed by atoms with van der Waals surface area (Å²) >= 11 is 0. The van der Waals surface area contributed by atoms with Gasteiger partial charge in [0.1, 0.15) is 0 Å². The summed E-state index contributed by atoms with van der Waals surface area (Å²) in [6.45, 7) is 0.814. The Balaban J connectivity index is 3.99. The fourth-order valence-corrected chi connectivity index (χ4v) is 3.22. The largest absolute Gasteiger partial charge is 0.415 e. The molecule has 1 atom stereocenters. The number of rotatable bonds is 7. The first-order valence-electron chi connectivity index (χ1n) is 4.77. The minimum atomic E-state index is -4.46. The lowest BCUT2D eigenvalue weighted by molar-refractivity contribution is -0.870. The van der Waals surface area contributed by atoms with Crippen molar-refractivity contribution < 1.29 is 26.3 Å². The zero-order valence-electron chi connectivity index (χ0n) is 9.79. The molecule has 0 radical (unpaired) electrons. The van der Waals surface area contributed by atoms with E-state index in [0.29, 0.717) is 12.8 Å². The van der Waals surface area contributed by atoms with Crippen LogP contribution in [0.15, 0.2) is 0 Å². The van der Waals surface area contributed by atoms with Crippen LogP contribution in [0.25, 0.3) is 0 Å². The van der Waals surface area contributed by atoms with E-state index in [1.54, 1.807) is 0 Å². The van der Waals surface area contributed by atoms with Gasteiger partial charge in [0.05, 0.1) is 33.4 Å². The molecule has 0 spiro atoms. The summed E-state index contributed by atoms with van der Waals surface area (Å²) in [5, 5.41) is 0. The highest BCUT2D eigenvalue weighted by molar-refractivity contribution is 7.90. The van der Waals surface area contributed by atoms with Crippen LogP contribution in [0.5, 0.6) is 0 Å². The zero-order valence-corrected chi connectivity index (χ0v) is 11.5. The Kier molecular flexibility index (Phi) is 5.58. The van der Waals surface area contributed by atoms with Gasteiger partial charge < -0.3 is 9.38 Å². The van der Waals surface area contributed by atoms with Gasteiger partial charge in [0.2, 0.25) is 0 Å². The van der Waals surface area contributed by atoms with Crippen molar-refractivity contribution in [2.45, 2.75) is 12.8 Å². The first kappa shape index (κ1) is 16.0. The fraction of sp³-hybridized carbons (Fsp3) is 1.00. The lowest BCUT2D eigenvalue weighted by Crippen LogP contribution is -2.35. The van der Waals surface area contributed by atoms with Crippen LogP contribution in [-0.2, 0) is 18.7 Å². The van der Waals surface area contributed by atoms with Crippen molar-refractivity contribution in [3.8, 4) is 0 Å². The first-order valence-corrected chi connectivity index (χ1v) is 7.99. The van der Waals surface area contributed by atoms with Gasteiger partial charge in [-0.3, -0.25) is 0 Å². The summed E-state index contributed by atoms with van der Waals surface area (Å²) in [6.07, 6.45) is 1.06. The molecule has 3 N–H and O–H groups in total. The molecule has 0 amide bonds. The standard InChI is InChI=1S/C7H19N2O5PS/c1-9(2,3)6-4-5-7-16(12,13)14-15(8,10)11/h4-7H2,1-3H3,(H2-,8,10,11)/p+1. The van der Waals surface area contributed by atoms with Crippen LogP contribution in [0.2, 0.25) is 0 Å². The molecule has 0 saturated carbocycles. The van der Waals surface area contributed by atoms with E-state index < -0.39 is 17.9 Å². The molecule has 0 aromatic carbocycles. The minimum absolute atomic E-state index is 0.297. The smallest absolute Gasteiger partial charge is 0.331 e. The molecular formula is C7H20N2O5PS+. The summed E-state index contributed by atoms with van der Waals surface area (Å²) in [6, 6.07) is 0. The molecule has 0 heterocycles. The van der Waals surface area contributed by atoms with E-state index in [0.717, 1.165) is 11.0 Å². The zero-order chi connectivity index (χ0) is 13.0. The molecule has 1 unspecified atom stereocenters. The third kappa shape index (κ3) is 10.5.